The molecule has 0 amide bonds. The van der Waals surface area contributed by atoms with Crippen LogP contribution in [0, 0.1) is 13.8 Å². The molecule has 0 unspecified atom stereocenters. The largest absolute Gasteiger partial charge is 1.00 e. The van der Waals surface area contributed by atoms with E-state index in [0.29, 0.717) is 0 Å². The molecule has 6 aromatic rings. The molecular formula is C38H46Cl2N2Si3Zr-2. The monoisotopic (exact) mass is 774 g/mol. The maximum absolute atomic E-state index is 4.51. The number of hydrogen-bond acceptors (Lipinski definition) is 2. The predicted octanol–water partition coefficient (Wildman–Crippen LogP) is 3.74. The van der Waals surface area contributed by atoms with Gasteiger partial charge in [0, 0.05) is 12.4 Å². The number of hydrogen-bond donors (Lipinski definition) is 0. The number of fused-ring (bicyclic) bond motifs is 2. The van der Waals surface area contributed by atoms with Gasteiger partial charge in [0.2, 0.25) is 0 Å². The zero-order chi connectivity index (χ0) is 32.2. The number of nitrogens with zero attached hydrogens (tertiary/aromatic N) is 2. The summed E-state index contributed by atoms with van der Waals surface area (Å²) in [5.41, 5.74) is 7.53. The summed E-state index contributed by atoms with van der Waals surface area (Å²) in [4.78, 5) is 9.02. The average molecular weight is 777 g/mol. The third kappa shape index (κ3) is 10.0. The Morgan fingerprint density at radius 2 is 0.935 bits per heavy atom. The van der Waals surface area contributed by atoms with E-state index in [-0.39, 0.29) is 30.2 Å². The van der Waals surface area contributed by atoms with Crippen molar-refractivity contribution in [2.75, 3.05) is 0 Å². The van der Waals surface area contributed by atoms with Crippen LogP contribution in [-0.4, -0.2) is 31.5 Å². The Kier molecular flexibility index (Phi) is 14.8. The standard InChI is InChI=1S/2C18H20NSi.C2H6Si.2ClH.Zr/c2*1-13-8-9-15(18-7-5-6-10-19-18)17-12-14(11-16(13)17)20(2,3)4;1-3-2;;;/h2*5-12H,1-4H3;1-2H3;2*1H;/q2*-1;;;;+2/p-2. The van der Waals surface area contributed by atoms with Gasteiger partial charge < -0.3 is 24.8 Å². The van der Waals surface area contributed by atoms with E-state index in [0.717, 1.165) is 11.4 Å². The van der Waals surface area contributed by atoms with E-state index in [1.165, 1.54) is 54.2 Å². The third-order valence-electron chi connectivity index (χ3n) is 7.82. The van der Waals surface area contributed by atoms with Gasteiger partial charge in [0.25, 0.3) is 0 Å². The second-order valence-corrected chi connectivity index (χ2v) is 33.5. The summed E-state index contributed by atoms with van der Waals surface area (Å²) < 4.78 is 0. The maximum Gasteiger partial charge on any atom is 0.0607 e. The molecule has 2 heterocycles. The van der Waals surface area contributed by atoms with Gasteiger partial charge in [-0.05, 0) is 35.4 Å². The summed E-state index contributed by atoms with van der Waals surface area (Å²) in [6, 6.07) is 30.6. The molecule has 0 aliphatic carbocycles. The predicted molar refractivity (Wildman–Crippen MR) is 198 cm³/mol. The minimum atomic E-state index is -1.28. The van der Waals surface area contributed by atoms with E-state index in [1.807, 2.05) is 24.5 Å². The molecule has 0 fully saturated rings. The summed E-state index contributed by atoms with van der Waals surface area (Å²) in [6.07, 6.45) is 3.73. The number of pyridine rings is 2. The van der Waals surface area contributed by atoms with Gasteiger partial charge in [-0.25, -0.2) is 0 Å². The molecule has 2 aromatic heterocycles. The molecule has 0 atom stereocenters. The van der Waals surface area contributed by atoms with Crippen molar-refractivity contribution in [3.63, 3.8) is 0 Å². The van der Waals surface area contributed by atoms with Crippen molar-refractivity contribution in [1.29, 1.82) is 0 Å². The number of aromatic nitrogens is 2. The van der Waals surface area contributed by atoms with Crippen molar-refractivity contribution in [3.8, 4) is 22.5 Å². The van der Waals surface area contributed by atoms with E-state index in [9.17, 15) is 0 Å². The minimum absolute atomic E-state index is 0. The number of rotatable bonds is 4. The fraction of sp³-hybridized carbons (Fsp3) is 0.263. The number of benzene rings is 2. The van der Waals surface area contributed by atoms with Crippen LogP contribution < -0.4 is 35.2 Å². The SMILES string of the molecule is C[Si](C)=[Zr+2].Cc1ccc(-c2ccccn2)c2cc([Si](C)(C)C)[cH-]c12.Cc1ccc(-c2ccccn2)c2cc([Si](C)(C)C)[cH-]c12.[Cl-].[Cl-]. The maximum atomic E-state index is 4.51. The molecule has 2 nitrogen and oxygen atoms in total. The summed E-state index contributed by atoms with van der Waals surface area (Å²) >= 11 is 1.74. The molecule has 0 aliphatic heterocycles. The van der Waals surface area contributed by atoms with Crippen molar-refractivity contribution in [1.82, 2.24) is 9.97 Å². The number of aryl methyl sites for hydroxylation is 2. The first kappa shape index (κ1) is 40.2. The normalized spacial score (nSPS) is 11.0. The van der Waals surface area contributed by atoms with E-state index in [1.54, 1.807) is 23.3 Å². The molecule has 240 valence electrons. The van der Waals surface area contributed by atoms with E-state index >= 15 is 0 Å². The third-order valence-corrected chi connectivity index (χ3v) is 11.9. The quantitative estimate of drug-likeness (QED) is 0.202. The van der Waals surface area contributed by atoms with Crippen LogP contribution in [0.1, 0.15) is 11.1 Å². The van der Waals surface area contributed by atoms with Crippen LogP contribution in [0.25, 0.3) is 44.1 Å². The first-order valence-electron chi connectivity index (χ1n) is 15.4. The molecule has 0 radical (unpaired) electrons. The molecule has 6 rings (SSSR count). The fourth-order valence-corrected chi connectivity index (χ4v) is 7.56. The van der Waals surface area contributed by atoms with E-state index in [4.69, 9.17) is 0 Å². The van der Waals surface area contributed by atoms with Gasteiger partial charge in [-0.1, -0.05) is 77.4 Å². The van der Waals surface area contributed by atoms with Gasteiger partial charge in [0.15, 0.2) is 0 Å². The molecule has 0 spiro atoms. The number of halogens is 2. The molecule has 0 saturated heterocycles. The molecule has 8 heteroatoms. The molecular weight excluding hydrogens is 731 g/mol. The van der Waals surface area contributed by atoms with Gasteiger partial charge in [-0.15, -0.1) is 67.3 Å². The van der Waals surface area contributed by atoms with Gasteiger partial charge in [-0.2, -0.15) is 12.1 Å². The molecule has 0 N–H and O–H groups in total. The van der Waals surface area contributed by atoms with Crippen molar-refractivity contribution >= 4 is 53.5 Å². The van der Waals surface area contributed by atoms with Gasteiger partial charge in [-0.3, -0.25) is 9.97 Å². The fourth-order valence-electron chi connectivity index (χ4n) is 5.25. The van der Waals surface area contributed by atoms with Crippen LogP contribution in [0.15, 0.2) is 97.3 Å². The second-order valence-electron chi connectivity index (χ2n) is 13.9. The van der Waals surface area contributed by atoms with Crippen LogP contribution in [0.5, 0.6) is 0 Å². The van der Waals surface area contributed by atoms with Crippen molar-refractivity contribution in [2.24, 2.45) is 0 Å². The zero-order valence-corrected chi connectivity index (χ0v) is 35.9. The Morgan fingerprint density at radius 3 is 1.22 bits per heavy atom. The average Bonchev–Trinajstić information content (AvgIpc) is 3.62. The Bertz CT molecular complexity index is 1750. The minimum Gasteiger partial charge on any atom is -1.00 e. The summed E-state index contributed by atoms with van der Waals surface area (Å²) in [6.45, 7) is 23.4. The van der Waals surface area contributed by atoms with Crippen LogP contribution in [-0.2, 0) is 23.3 Å². The topological polar surface area (TPSA) is 25.8 Å². The van der Waals surface area contributed by atoms with Crippen molar-refractivity contribution in [2.45, 2.75) is 66.2 Å². The van der Waals surface area contributed by atoms with E-state index in [2.05, 4.69) is 149 Å². The Morgan fingerprint density at radius 1 is 0.587 bits per heavy atom. The van der Waals surface area contributed by atoms with Crippen LogP contribution >= 0.6 is 0 Å². The first-order chi connectivity index (χ1) is 20.7. The molecule has 0 bridgehead atoms. The summed E-state index contributed by atoms with van der Waals surface area (Å²) in [5, 5.41) is 8.51. The molecule has 0 saturated carbocycles. The molecule has 46 heavy (non-hydrogen) atoms. The van der Waals surface area contributed by atoms with E-state index < -0.39 is 16.1 Å². The van der Waals surface area contributed by atoms with Gasteiger partial charge in [0.05, 0.1) is 27.5 Å². The Balaban J connectivity index is 0.000000276. The first-order valence-corrected chi connectivity index (χ1v) is 28.6. The van der Waals surface area contributed by atoms with Crippen molar-refractivity contribution < 1.29 is 48.1 Å². The zero-order valence-electron chi connectivity index (χ0n) is 28.9. The van der Waals surface area contributed by atoms with Gasteiger partial charge >= 0.3 is 41.9 Å². The van der Waals surface area contributed by atoms with Crippen LogP contribution in [0.4, 0.5) is 0 Å². The smallest absolute Gasteiger partial charge is 0.0607 e. The Labute approximate surface area is 306 Å². The summed E-state index contributed by atoms with van der Waals surface area (Å²) in [7, 11) is -2.57. The second kappa shape index (κ2) is 16.9. The molecule has 4 aromatic carbocycles. The summed E-state index contributed by atoms with van der Waals surface area (Å²) in [5.74, 6) is 0. The van der Waals surface area contributed by atoms with Crippen LogP contribution in [0.3, 0.4) is 0 Å². The Hall–Kier alpha value is -1.93. The molecule has 0 aliphatic rings. The van der Waals surface area contributed by atoms with Crippen LogP contribution in [0.2, 0.25) is 52.4 Å². The van der Waals surface area contributed by atoms with Gasteiger partial charge in [0.1, 0.15) is 0 Å². The van der Waals surface area contributed by atoms with Crippen molar-refractivity contribution in [3.05, 3.63) is 108 Å².